The molecule has 77 valence electrons. The zero-order valence-corrected chi connectivity index (χ0v) is 8.74. The second kappa shape index (κ2) is 5.35. The third-order valence-electron chi connectivity index (χ3n) is 2.02. The Balaban J connectivity index is 2.44. The van der Waals surface area contributed by atoms with E-state index in [0.29, 0.717) is 6.61 Å². The van der Waals surface area contributed by atoms with Gasteiger partial charge in [0, 0.05) is 25.9 Å². The minimum Gasteiger partial charge on any atom is -0.462 e. The number of esters is 1. The molecule has 1 atom stereocenters. The van der Waals surface area contributed by atoms with E-state index in [9.17, 15) is 4.79 Å². The standard InChI is InChI=1S/C11H15O3/c1-8(14-9(2)12)11-6-4-5-10(11)7-13-3/h4-6,8H,7H2,1-3H3/t8-/m0/s1. The highest BCUT2D eigenvalue weighted by molar-refractivity contribution is 5.66. The quantitative estimate of drug-likeness (QED) is 0.635. The summed E-state index contributed by atoms with van der Waals surface area (Å²) in [6, 6.07) is 0. The van der Waals surface area contributed by atoms with E-state index in [-0.39, 0.29) is 12.1 Å². The van der Waals surface area contributed by atoms with Crippen LogP contribution in [0.2, 0.25) is 0 Å². The fourth-order valence-electron chi connectivity index (χ4n) is 1.47. The number of hydrogen-bond donors (Lipinski definition) is 0. The number of carbonyl (C=O) groups excluding carboxylic acids is 1. The van der Waals surface area contributed by atoms with Gasteiger partial charge in [-0.1, -0.05) is 0 Å². The first-order valence-electron chi connectivity index (χ1n) is 4.55. The van der Waals surface area contributed by atoms with E-state index >= 15 is 0 Å². The van der Waals surface area contributed by atoms with Gasteiger partial charge in [0.15, 0.2) is 0 Å². The molecule has 0 spiro atoms. The molecule has 0 amide bonds. The van der Waals surface area contributed by atoms with Crippen LogP contribution in [-0.4, -0.2) is 25.8 Å². The zero-order chi connectivity index (χ0) is 10.6. The highest BCUT2D eigenvalue weighted by atomic mass is 16.5. The van der Waals surface area contributed by atoms with E-state index in [2.05, 4.69) is 0 Å². The summed E-state index contributed by atoms with van der Waals surface area (Å²) in [5, 5.41) is 0. The van der Waals surface area contributed by atoms with Gasteiger partial charge in [-0.3, -0.25) is 4.79 Å². The monoisotopic (exact) mass is 195 g/mol. The maximum Gasteiger partial charge on any atom is 0.302 e. The molecular formula is C11H15O3. The Morgan fingerprint density at radius 1 is 1.50 bits per heavy atom. The third-order valence-corrected chi connectivity index (χ3v) is 2.02. The summed E-state index contributed by atoms with van der Waals surface area (Å²) in [4.78, 5) is 10.8. The summed E-state index contributed by atoms with van der Waals surface area (Å²) in [6.07, 6.45) is 5.65. The normalized spacial score (nSPS) is 21.1. The van der Waals surface area contributed by atoms with Crippen LogP contribution in [0.3, 0.4) is 0 Å². The van der Waals surface area contributed by atoms with Crippen molar-refractivity contribution in [2.24, 2.45) is 0 Å². The Labute approximate surface area is 85.8 Å². The SMILES string of the molecule is COC[C]1[CH][CH][CH][C]1[C@H](C)OC(C)=O. The number of carbonyl (C=O) groups is 1. The molecule has 0 saturated heterocycles. The molecule has 0 heterocycles. The van der Waals surface area contributed by atoms with Gasteiger partial charge < -0.3 is 9.47 Å². The van der Waals surface area contributed by atoms with Gasteiger partial charge in [-0.15, -0.1) is 0 Å². The smallest absolute Gasteiger partial charge is 0.302 e. The van der Waals surface area contributed by atoms with Crippen LogP contribution in [0.25, 0.3) is 0 Å². The summed E-state index contributed by atoms with van der Waals surface area (Å²) < 4.78 is 10.1. The van der Waals surface area contributed by atoms with Gasteiger partial charge in [-0.25, -0.2) is 0 Å². The van der Waals surface area contributed by atoms with Crippen molar-refractivity contribution in [2.75, 3.05) is 13.7 Å². The molecule has 0 aromatic carbocycles. The van der Waals surface area contributed by atoms with Crippen LogP contribution >= 0.6 is 0 Å². The topological polar surface area (TPSA) is 35.5 Å². The van der Waals surface area contributed by atoms with Crippen molar-refractivity contribution < 1.29 is 14.3 Å². The molecule has 0 N–H and O–H groups in total. The van der Waals surface area contributed by atoms with Gasteiger partial charge >= 0.3 is 5.97 Å². The lowest BCUT2D eigenvalue weighted by atomic mass is 9.92. The summed E-state index contributed by atoms with van der Waals surface area (Å²) in [7, 11) is 1.65. The fraction of sp³-hybridized carbons (Fsp3) is 0.455. The Bertz CT molecular complexity index is 191. The van der Waals surface area contributed by atoms with Crippen LogP contribution in [0.4, 0.5) is 0 Å². The van der Waals surface area contributed by atoms with E-state index in [0.717, 1.165) is 11.8 Å². The van der Waals surface area contributed by atoms with Crippen molar-refractivity contribution in [3.8, 4) is 0 Å². The van der Waals surface area contributed by atoms with Crippen LogP contribution in [0.1, 0.15) is 13.8 Å². The molecule has 5 radical (unpaired) electrons. The van der Waals surface area contributed by atoms with Gasteiger partial charge in [0.05, 0.1) is 6.61 Å². The zero-order valence-electron chi connectivity index (χ0n) is 8.74. The van der Waals surface area contributed by atoms with Crippen molar-refractivity contribution in [3.05, 3.63) is 31.1 Å². The number of hydrogen-bond acceptors (Lipinski definition) is 3. The first-order chi connectivity index (χ1) is 6.65. The summed E-state index contributed by atoms with van der Waals surface area (Å²) in [5.74, 6) is 1.82. The minimum atomic E-state index is -0.262. The van der Waals surface area contributed by atoms with Crippen molar-refractivity contribution in [2.45, 2.75) is 20.0 Å². The lowest BCUT2D eigenvalue weighted by Gasteiger charge is -2.23. The maximum atomic E-state index is 10.8. The second-order valence-corrected chi connectivity index (χ2v) is 3.19. The van der Waals surface area contributed by atoms with Gasteiger partial charge in [0.25, 0.3) is 0 Å². The molecule has 1 saturated carbocycles. The van der Waals surface area contributed by atoms with E-state index in [1.54, 1.807) is 7.11 Å². The summed E-state index contributed by atoms with van der Waals surface area (Å²) in [5.41, 5.74) is 0. The number of ether oxygens (including phenoxy) is 2. The fourth-order valence-corrected chi connectivity index (χ4v) is 1.47. The molecule has 3 nitrogen and oxygen atoms in total. The summed E-state index contributed by atoms with van der Waals surface area (Å²) >= 11 is 0. The largest absolute Gasteiger partial charge is 0.462 e. The molecule has 0 aromatic rings. The van der Waals surface area contributed by atoms with Gasteiger partial charge in [0.1, 0.15) is 6.10 Å². The van der Waals surface area contributed by atoms with Crippen molar-refractivity contribution in [3.63, 3.8) is 0 Å². The average Bonchev–Trinajstić information content (AvgIpc) is 2.51. The summed E-state index contributed by atoms with van der Waals surface area (Å²) in [6.45, 7) is 3.82. The van der Waals surface area contributed by atoms with Crippen LogP contribution in [0.15, 0.2) is 0 Å². The molecule has 1 aliphatic carbocycles. The van der Waals surface area contributed by atoms with E-state index in [1.165, 1.54) is 6.92 Å². The molecule has 0 unspecified atom stereocenters. The third kappa shape index (κ3) is 2.98. The van der Waals surface area contributed by atoms with Crippen LogP contribution < -0.4 is 0 Å². The average molecular weight is 195 g/mol. The Hall–Kier alpha value is -0.570. The highest BCUT2D eigenvalue weighted by Crippen LogP contribution is 2.36. The molecule has 0 aliphatic heterocycles. The molecule has 14 heavy (non-hydrogen) atoms. The predicted octanol–water partition coefficient (Wildman–Crippen LogP) is 1.36. The van der Waals surface area contributed by atoms with Gasteiger partial charge in [0.2, 0.25) is 0 Å². The van der Waals surface area contributed by atoms with Gasteiger partial charge in [-0.05, 0) is 26.2 Å². The number of rotatable bonds is 4. The first kappa shape index (κ1) is 11.5. The van der Waals surface area contributed by atoms with Crippen LogP contribution in [-0.2, 0) is 14.3 Å². The molecule has 0 aromatic heterocycles. The number of methoxy groups -OCH3 is 1. The lowest BCUT2D eigenvalue weighted by Crippen LogP contribution is -2.25. The molecule has 0 bridgehead atoms. The minimum absolute atomic E-state index is 0.201. The molecule has 3 heteroatoms. The molecule has 1 fully saturated rings. The Kier molecular flexibility index (Phi) is 4.39. The molecule has 1 rings (SSSR count). The van der Waals surface area contributed by atoms with E-state index in [1.807, 2.05) is 26.2 Å². The highest BCUT2D eigenvalue weighted by Gasteiger charge is 2.34. The van der Waals surface area contributed by atoms with Gasteiger partial charge in [-0.2, -0.15) is 0 Å². The van der Waals surface area contributed by atoms with Crippen LogP contribution in [0.5, 0.6) is 0 Å². The Morgan fingerprint density at radius 3 is 2.79 bits per heavy atom. The van der Waals surface area contributed by atoms with Crippen LogP contribution in [0, 0.1) is 31.1 Å². The van der Waals surface area contributed by atoms with E-state index < -0.39 is 0 Å². The molecular weight excluding hydrogens is 180 g/mol. The Morgan fingerprint density at radius 2 is 2.21 bits per heavy atom. The van der Waals surface area contributed by atoms with Crippen molar-refractivity contribution in [1.29, 1.82) is 0 Å². The second-order valence-electron chi connectivity index (χ2n) is 3.19. The van der Waals surface area contributed by atoms with Crippen molar-refractivity contribution >= 4 is 5.97 Å². The van der Waals surface area contributed by atoms with E-state index in [4.69, 9.17) is 9.47 Å². The maximum absolute atomic E-state index is 10.8. The van der Waals surface area contributed by atoms with Crippen molar-refractivity contribution in [1.82, 2.24) is 0 Å². The first-order valence-corrected chi connectivity index (χ1v) is 4.55. The molecule has 1 aliphatic rings. The lowest BCUT2D eigenvalue weighted by molar-refractivity contribution is -0.144. The predicted molar refractivity (Wildman–Crippen MR) is 52.5 cm³/mol.